The van der Waals surface area contributed by atoms with Gasteiger partial charge in [-0.1, -0.05) is 6.08 Å². The van der Waals surface area contributed by atoms with Gasteiger partial charge in [-0.15, -0.1) is 0 Å². The third kappa shape index (κ3) is 6.25. The highest BCUT2D eigenvalue weighted by atomic mass is 19.4. The Bertz CT molecular complexity index is 604. The van der Waals surface area contributed by atoms with Gasteiger partial charge in [0, 0.05) is 18.2 Å². The molecule has 3 rings (SSSR count). The van der Waals surface area contributed by atoms with Crippen molar-refractivity contribution in [1.82, 2.24) is 10.6 Å². The van der Waals surface area contributed by atoms with Crippen molar-refractivity contribution in [2.24, 2.45) is 4.99 Å². The number of ether oxygens (including phenoxy) is 1. The number of amides is 2. The van der Waals surface area contributed by atoms with Gasteiger partial charge in [0.05, 0.1) is 0 Å². The summed E-state index contributed by atoms with van der Waals surface area (Å²) in [6.45, 7) is 3.47. The molecule has 2 N–H and O–H groups in total. The van der Waals surface area contributed by atoms with E-state index in [9.17, 15) is 22.4 Å². The van der Waals surface area contributed by atoms with Gasteiger partial charge in [-0.25, -0.2) is 14.2 Å². The Hall–Kier alpha value is -2.06. The zero-order valence-electron chi connectivity index (χ0n) is 15.3. The van der Waals surface area contributed by atoms with Crippen LogP contribution in [-0.4, -0.2) is 43.3 Å². The molecule has 2 amide bonds. The van der Waals surface area contributed by atoms with Crippen LogP contribution in [0.15, 0.2) is 28.6 Å². The van der Waals surface area contributed by atoms with Crippen LogP contribution in [0, 0.1) is 0 Å². The monoisotopic (exact) mass is 391 g/mol. The summed E-state index contributed by atoms with van der Waals surface area (Å²) in [5, 5.41) is 5.62. The molecular formula is C18H25F4N3O2. The molecule has 152 valence electrons. The molecule has 0 heterocycles. The normalized spacial score (nSPS) is 28.6. The number of hydrogen-bond acceptors (Lipinski definition) is 3. The summed E-state index contributed by atoms with van der Waals surface area (Å²) in [6.07, 6.45) is 1.66. The number of halogens is 4. The lowest BCUT2D eigenvalue weighted by Crippen LogP contribution is -2.59. The van der Waals surface area contributed by atoms with Crippen LogP contribution in [0.3, 0.4) is 0 Å². The summed E-state index contributed by atoms with van der Waals surface area (Å²) < 4.78 is 55.4. The van der Waals surface area contributed by atoms with Crippen molar-refractivity contribution in [3.05, 3.63) is 23.6 Å². The largest absolute Gasteiger partial charge is 0.468 e. The molecule has 3 fully saturated rings. The third-order valence-electron chi connectivity index (χ3n) is 5.21. The fourth-order valence-corrected chi connectivity index (χ4v) is 3.48. The van der Waals surface area contributed by atoms with Gasteiger partial charge in [-0.2, -0.15) is 13.2 Å². The van der Waals surface area contributed by atoms with E-state index in [1.54, 1.807) is 13.0 Å². The zero-order chi connectivity index (χ0) is 20.1. The van der Waals surface area contributed by atoms with E-state index in [1.165, 1.54) is 6.08 Å². The van der Waals surface area contributed by atoms with E-state index in [0.29, 0.717) is 44.1 Å². The van der Waals surface area contributed by atoms with E-state index in [-0.39, 0.29) is 24.0 Å². The van der Waals surface area contributed by atoms with E-state index in [2.05, 4.69) is 27.1 Å². The van der Waals surface area contributed by atoms with Gasteiger partial charge >= 0.3 is 12.2 Å². The van der Waals surface area contributed by atoms with Crippen LogP contribution in [0.25, 0.3) is 0 Å². The lowest BCUT2D eigenvalue weighted by molar-refractivity contribution is -0.164. The van der Waals surface area contributed by atoms with E-state index < -0.39 is 18.5 Å². The molecule has 9 heteroatoms. The summed E-state index contributed by atoms with van der Waals surface area (Å²) in [7, 11) is 0. The Morgan fingerprint density at radius 3 is 2.30 bits per heavy atom. The Kier molecular flexibility index (Phi) is 6.54. The minimum atomic E-state index is -4.48. The number of carbonyl (C=O) groups is 1. The van der Waals surface area contributed by atoms with E-state index in [4.69, 9.17) is 0 Å². The number of hydrogen-bond donors (Lipinski definition) is 2. The Balaban J connectivity index is 1.85. The lowest BCUT2D eigenvalue weighted by Gasteiger charge is -2.49. The fourth-order valence-electron chi connectivity index (χ4n) is 3.48. The molecule has 0 aromatic rings. The van der Waals surface area contributed by atoms with Gasteiger partial charge in [0.2, 0.25) is 5.88 Å². The molecule has 0 aromatic carbocycles. The predicted molar refractivity (Wildman–Crippen MR) is 94.2 cm³/mol. The second-order valence-electron chi connectivity index (χ2n) is 7.15. The van der Waals surface area contributed by atoms with E-state index >= 15 is 0 Å². The Labute approximate surface area is 155 Å². The fraction of sp³-hybridized carbons (Fsp3) is 0.667. The quantitative estimate of drug-likeness (QED) is 0.296. The summed E-state index contributed by atoms with van der Waals surface area (Å²) in [5.74, 6) is -0.278. The zero-order valence-corrected chi connectivity index (χ0v) is 15.3. The maximum atomic E-state index is 14.2. The molecule has 3 saturated carbocycles. The number of fused-ring (bicyclic) bond motifs is 3. The first kappa shape index (κ1) is 21.2. The van der Waals surface area contributed by atoms with Crippen molar-refractivity contribution in [3.63, 3.8) is 0 Å². The lowest BCUT2D eigenvalue weighted by atomic mass is 9.64. The molecule has 3 aliphatic rings. The minimum Gasteiger partial charge on any atom is -0.468 e. The van der Waals surface area contributed by atoms with Gasteiger partial charge in [0.1, 0.15) is 5.67 Å². The second kappa shape index (κ2) is 8.31. The molecule has 0 atom stereocenters. The number of nitrogens with one attached hydrogen (secondary N) is 2. The summed E-state index contributed by atoms with van der Waals surface area (Å²) in [4.78, 5) is 15.6. The Morgan fingerprint density at radius 2 is 1.81 bits per heavy atom. The second-order valence-corrected chi connectivity index (χ2v) is 7.15. The van der Waals surface area contributed by atoms with Crippen LogP contribution >= 0.6 is 0 Å². The van der Waals surface area contributed by atoms with E-state index in [0.717, 1.165) is 0 Å². The van der Waals surface area contributed by atoms with Crippen LogP contribution in [0.1, 0.15) is 45.4 Å². The van der Waals surface area contributed by atoms with Crippen molar-refractivity contribution in [2.75, 3.05) is 13.2 Å². The number of allylic oxidation sites excluding steroid dienone is 1. The highest BCUT2D eigenvalue weighted by Crippen LogP contribution is 2.48. The van der Waals surface area contributed by atoms with Gasteiger partial charge in [0.15, 0.2) is 6.61 Å². The van der Waals surface area contributed by atoms with Crippen LogP contribution in [0.2, 0.25) is 0 Å². The minimum absolute atomic E-state index is 0.0832. The molecule has 2 bridgehead atoms. The standard InChI is InChI=1S/C18H25F4N3O2/c1-3-13(10-14(23-2)27-12-18(20,21)22)11-24-15(26)25-17-7-4-16(19,5-8-17)6-9-17/h3,10H,2,4-9,11-12H2,1H3,(H2,24,25,26)/b13-3+,14-10+. The first-order valence-corrected chi connectivity index (χ1v) is 8.87. The van der Waals surface area contributed by atoms with Crippen LogP contribution in [0.5, 0.6) is 0 Å². The van der Waals surface area contributed by atoms with E-state index in [1.807, 2.05) is 0 Å². The molecule has 3 aliphatic carbocycles. The van der Waals surface area contributed by atoms with Gasteiger partial charge in [0.25, 0.3) is 0 Å². The number of carbonyl (C=O) groups excluding carboxylic acids is 1. The van der Waals surface area contributed by atoms with Crippen LogP contribution in [-0.2, 0) is 4.74 Å². The summed E-state index contributed by atoms with van der Waals surface area (Å²) in [6, 6.07) is -0.389. The number of urea groups is 1. The van der Waals surface area contributed by atoms with Gasteiger partial charge in [-0.3, -0.25) is 0 Å². The molecular weight excluding hydrogens is 366 g/mol. The number of rotatable bonds is 7. The average molecular weight is 391 g/mol. The number of nitrogens with zero attached hydrogens (tertiary/aromatic N) is 1. The highest BCUT2D eigenvalue weighted by molar-refractivity contribution is 5.75. The third-order valence-corrected chi connectivity index (χ3v) is 5.21. The van der Waals surface area contributed by atoms with Gasteiger partial charge < -0.3 is 15.4 Å². The molecule has 0 aromatic heterocycles. The predicted octanol–water partition coefficient (Wildman–Crippen LogP) is 4.17. The van der Waals surface area contributed by atoms with Crippen molar-refractivity contribution in [2.45, 2.75) is 62.8 Å². The molecule has 27 heavy (non-hydrogen) atoms. The smallest absolute Gasteiger partial charge is 0.422 e. The molecule has 0 radical (unpaired) electrons. The van der Waals surface area contributed by atoms with Crippen molar-refractivity contribution < 1.29 is 27.1 Å². The highest BCUT2D eigenvalue weighted by Gasteiger charge is 2.49. The SMILES string of the molecule is C=N/C(=C\C(=C/C)CNC(=O)NC12CCC(F)(CC1)CC2)OCC(F)(F)F. The molecule has 0 saturated heterocycles. The number of alkyl halides is 4. The molecule has 0 unspecified atom stereocenters. The average Bonchev–Trinajstić information content (AvgIpc) is 2.62. The van der Waals surface area contributed by atoms with Crippen molar-refractivity contribution in [1.29, 1.82) is 0 Å². The topological polar surface area (TPSA) is 62.7 Å². The molecule has 0 aliphatic heterocycles. The maximum absolute atomic E-state index is 14.2. The maximum Gasteiger partial charge on any atom is 0.422 e. The van der Waals surface area contributed by atoms with Gasteiger partial charge in [-0.05, 0) is 57.7 Å². The molecule has 0 spiro atoms. The Morgan fingerprint density at radius 1 is 1.22 bits per heavy atom. The first-order valence-electron chi connectivity index (χ1n) is 8.87. The number of aliphatic imine (C=N–C) groups is 1. The van der Waals surface area contributed by atoms with Crippen molar-refractivity contribution >= 4 is 12.7 Å². The summed E-state index contributed by atoms with van der Waals surface area (Å²) >= 11 is 0. The van der Waals surface area contributed by atoms with Crippen LogP contribution < -0.4 is 10.6 Å². The van der Waals surface area contributed by atoms with Crippen LogP contribution in [0.4, 0.5) is 22.4 Å². The summed E-state index contributed by atoms with van der Waals surface area (Å²) in [5.41, 5.74) is -0.928. The first-order chi connectivity index (χ1) is 12.6. The molecule has 5 nitrogen and oxygen atoms in total. The van der Waals surface area contributed by atoms with Crippen molar-refractivity contribution in [3.8, 4) is 0 Å².